The summed E-state index contributed by atoms with van der Waals surface area (Å²) >= 11 is 0. The Bertz CT molecular complexity index is 561. The van der Waals surface area contributed by atoms with Crippen LogP contribution in [0.4, 0.5) is 0 Å². The van der Waals surface area contributed by atoms with Crippen LogP contribution in [0.2, 0.25) is 0 Å². The summed E-state index contributed by atoms with van der Waals surface area (Å²) < 4.78 is 3.50. The lowest BCUT2D eigenvalue weighted by Crippen LogP contribution is -2.25. The molecule has 2 rings (SSSR count). The molecule has 1 heterocycles. The van der Waals surface area contributed by atoms with Crippen LogP contribution in [-0.4, -0.2) is 9.13 Å². The molecule has 0 aliphatic heterocycles. The Labute approximate surface area is 108 Å². The molecule has 0 saturated heterocycles. The van der Waals surface area contributed by atoms with Crippen molar-refractivity contribution in [3.63, 3.8) is 0 Å². The van der Waals surface area contributed by atoms with Crippen LogP contribution in [0.15, 0.2) is 41.5 Å². The molecule has 18 heavy (non-hydrogen) atoms. The van der Waals surface area contributed by atoms with Gasteiger partial charge in [-0.3, -0.25) is 9.13 Å². The van der Waals surface area contributed by atoms with Gasteiger partial charge in [-0.05, 0) is 31.4 Å². The number of aryl methyl sites for hydroxylation is 1. The van der Waals surface area contributed by atoms with E-state index in [1.54, 1.807) is 9.13 Å². The van der Waals surface area contributed by atoms with Gasteiger partial charge >= 0.3 is 5.69 Å². The Balaban J connectivity index is 2.21. The molecule has 0 radical (unpaired) electrons. The molecule has 0 amide bonds. The Hall–Kier alpha value is -1.77. The number of aromatic nitrogens is 2. The predicted molar refractivity (Wildman–Crippen MR) is 74.0 cm³/mol. The van der Waals surface area contributed by atoms with Crippen LogP contribution in [0.5, 0.6) is 0 Å². The van der Waals surface area contributed by atoms with Gasteiger partial charge in [0.15, 0.2) is 0 Å². The average Bonchev–Trinajstić information content (AvgIpc) is 2.72. The van der Waals surface area contributed by atoms with Crippen molar-refractivity contribution in [2.24, 2.45) is 0 Å². The molecule has 0 N–H and O–H groups in total. The van der Waals surface area contributed by atoms with Crippen LogP contribution in [0.3, 0.4) is 0 Å². The molecule has 96 valence electrons. The Morgan fingerprint density at radius 1 is 1.06 bits per heavy atom. The van der Waals surface area contributed by atoms with Crippen LogP contribution in [0.25, 0.3) is 0 Å². The maximum atomic E-state index is 12.1. The zero-order chi connectivity index (χ0) is 13.1. The molecule has 2 aromatic rings. The van der Waals surface area contributed by atoms with Crippen molar-refractivity contribution in [1.29, 1.82) is 0 Å². The average molecular weight is 244 g/mol. The highest BCUT2D eigenvalue weighted by Crippen LogP contribution is 2.07. The van der Waals surface area contributed by atoms with Crippen molar-refractivity contribution in [2.75, 3.05) is 0 Å². The second-order valence-corrected chi connectivity index (χ2v) is 4.88. The van der Waals surface area contributed by atoms with Crippen LogP contribution >= 0.6 is 0 Å². The molecule has 3 heteroatoms. The molecule has 0 fully saturated rings. The third kappa shape index (κ3) is 2.55. The van der Waals surface area contributed by atoms with E-state index < -0.39 is 0 Å². The van der Waals surface area contributed by atoms with Crippen molar-refractivity contribution in [2.45, 2.75) is 39.8 Å². The fourth-order valence-electron chi connectivity index (χ4n) is 2.02. The molecule has 0 atom stereocenters. The molecule has 0 aliphatic carbocycles. The maximum absolute atomic E-state index is 12.1. The molecule has 0 saturated carbocycles. The zero-order valence-electron chi connectivity index (χ0n) is 11.3. The lowest BCUT2D eigenvalue weighted by molar-refractivity contribution is 0.561. The van der Waals surface area contributed by atoms with Gasteiger partial charge < -0.3 is 0 Å². The highest BCUT2D eigenvalue weighted by atomic mass is 16.1. The summed E-state index contributed by atoms with van der Waals surface area (Å²) in [7, 11) is 0. The normalized spacial score (nSPS) is 11.1. The number of imidazole rings is 1. The van der Waals surface area contributed by atoms with Gasteiger partial charge in [0.2, 0.25) is 0 Å². The van der Waals surface area contributed by atoms with Gasteiger partial charge in [0.1, 0.15) is 0 Å². The Morgan fingerprint density at radius 3 is 2.17 bits per heavy atom. The highest BCUT2D eigenvalue weighted by Gasteiger charge is 2.06. The van der Waals surface area contributed by atoms with Gasteiger partial charge in [0.05, 0.1) is 6.54 Å². The van der Waals surface area contributed by atoms with E-state index in [-0.39, 0.29) is 11.7 Å². The minimum Gasteiger partial charge on any atom is -0.297 e. The van der Waals surface area contributed by atoms with E-state index in [4.69, 9.17) is 0 Å². The summed E-state index contributed by atoms with van der Waals surface area (Å²) in [6, 6.07) is 8.65. The lowest BCUT2D eigenvalue weighted by Gasteiger charge is -2.05. The highest BCUT2D eigenvalue weighted by molar-refractivity contribution is 5.22. The van der Waals surface area contributed by atoms with E-state index in [2.05, 4.69) is 31.2 Å². The van der Waals surface area contributed by atoms with Crippen molar-refractivity contribution in [1.82, 2.24) is 9.13 Å². The number of hydrogen-bond acceptors (Lipinski definition) is 1. The first-order valence-electron chi connectivity index (χ1n) is 6.47. The SMILES string of the molecule is CCc1ccc(Cn2ccn(C(C)C)c2=O)cc1. The monoisotopic (exact) mass is 244 g/mol. The van der Waals surface area contributed by atoms with Gasteiger partial charge in [-0.2, -0.15) is 0 Å². The fourth-order valence-corrected chi connectivity index (χ4v) is 2.02. The molecule has 0 aliphatic rings. The van der Waals surface area contributed by atoms with E-state index in [0.29, 0.717) is 6.54 Å². The van der Waals surface area contributed by atoms with Crippen molar-refractivity contribution in [3.8, 4) is 0 Å². The Kier molecular flexibility index (Phi) is 3.70. The first-order valence-corrected chi connectivity index (χ1v) is 6.47. The minimum atomic E-state index is 0.0598. The number of rotatable bonds is 4. The van der Waals surface area contributed by atoms with Crippen LogP contribution < -0.4 is 5.69 Å². The van der Waals surface area contributed by atoms with E-state index in [1.807, 2.05) is 26.2 Å². The fraction of sp³-hybridized carbons (Fsp3) is 0.400. The summed E-state index contributed by atoms with van der Waals surface area (Å²) in [6.45, 7) is 6.81. The van der Waals surface area contributed by atoms with E-state index in [9.17, 15) is 4.79 Å². The van der Waals surface area contributed by atoms with Crippen molar-refractivity contribution < 1.29 is 0 Å². The molecule has 1 aromatic carbocycles. The van der Waals surface area contributed by atoms with Crippen molar-refractivity contribution >= 4 is 0 Å². The molecule has 0 bridgehead atoms. The van der Waals surface area contributed by atoms with E-state index in [0.717, 1.165) is 12.0 Å². The van der Waals surface area contributed by atoms with E-state index >= 15 is 0 Å². The third-order valence-corrected chi connectivity index (χ3v) is 3.21. The predicted octanol–water partition coefficient (Wildman–Crippen LogP) is 2.84. The Morgan fingerprint density at radius 2 is 1.67 bits per heavy atom. The molecular formula is C15H20N2O. The molecule has 3 nitrogen and oxygen atoms in total. The zero-order valence-corrected chi connectivity index (χ0v) is 11.3. The topological polar surface area (TPSA) is 26.9 Å². The first kappa shape index (κ1) is 12.7. The molecular weight excluding hydrogens is 224 g/mol. The van der Waals surface area contributed by atoms with Crippen LogP contribution in [0, 0.1) is 0 Å². The quantitative estimate of drug-likeness (QED) is 0.812. The van der Waals surface area contributed by atoms with Gasteiger partial charge in [-0.1, -0.05) is 31.2 Å². The number of hydrogen-bond donors (Lipinski definition) is 0. The summed E-state index contributed by atoms with van der Waals surface area (Å²) in [6.07, 6.45) is 4.76. The summed E-state index contributed by atoms with van der Waals surface area (Å²) in [5.74, 6) is 0. The van der Waals surface area contributed by atoms with Gasteiger partial charge in [-0.25, -0.2) is 4.79 Å². The second kappa shape index (κ2) is 5.25. The van der Waals surface area contributed by atoms with E-state index in [1.165, 1.54) is 5.56 Å². The standard InChI is InChI=1S/C15H20N2O/c1-4-13-5-7-14(8-6-13)11-16-9-10-17(12(2)3)15(16)18/h5-10,12H,4,11H2,1-3H3. The van der Waals surface area contributed by atoms with Gasteiger partial charge in [0.25, 0.3) is 0 Å². The third-order valence-electron chi connectivity index (χ3n) is 3.21. The molecule has 0 spiro atoms. The van der Waals surface area contributed by atoms with Crippen LogP contribution in [-0.2, 0) is 13.0 Å². The van der Waals surface area contributed by atoms with Crippen molar-refractivity contribution in [3.05, 3.63) is 58.3 Å². The summed E-state index contributed by atoms with van der Waals surface area (Å²) in [5, 5.41) is 0. The smallest absolute Gasteiger partial charge is 0.297 e. The molecule has 0 unspecified atom stereocenters. The first-order chi connectivity index (χ1) is 8.61. The summed E-state index contributed by atoms with van der Waals surface area (Å²) in [4.78, 5) is 12.1. The largest absolute Gasteiger partial charge is 0.328 e. The summed E-state index contributed by atoms with van der Waals surface area (Å²) in [5.41, 5.74) is 2.55. The maximum Gasteiger partial charge on any atom is 0.328 e. The van der Waals surface area contributed by atoms with Gasteiger partial charge in [-0.15, -0.1) is 0 Å². The number of nitrogens with zero attached hydrogens (tertiary/aromatic N) is 2. The van der Waals surface area contributed by atoms with Crippen LogP contribution in [0.1, 0.15) is 37.9 Å². The lowest BCUT2D eigenvalue weighted by atomic mass is 10.1. The second-order valence-electron chi connectivity index (χ2n) is 4.88. The minimum absolute atomic E-state index is 0.0598. The van der Waals surface area contributed by atoms with Gasteiger partial charge in [0, 0.05) is 18.4 Å². The number of benzene rings is 1. The molecule has 1 aromatic heterocycles.